The van der Waals surface area contributed by atoms with Gasteiger partial charge in [-0.1, -0.05) is 171 Å². The minimum Gasteiger partial charge on any atom is -0.655 e. The van der Waals surface area contributed by atoms with Crippen LogP contribution in [0.4, 0.5) is 17.1 Å². The van der Waals surface area contributed by atoms with Gasteiger partial charge in [-0.25, -0.2) is 0 Å². The number of likely N-dealkylation sites (N-methyl/N-ethyl adjacent to an activating group) is 1. The SMILES string of the molecule is C[N-]C(=N)C1=CCCC=C1.Nc1ccccc1-c1ccc2c3ccccc3n(C3=CC=CCC3)c2c1[N-]c1cccc2oc3ccc(-c4c(-n5c6ccccc6c6ccccc65)ccc5c4C4C=CC=CC4S5)cc3c12.[Y]. The third-order valence-corrected chi connectivity index (χ3v) is 16.8. The number of fused-ring (bicyclic) bond motifs is 12. The van der Waals surface area contributed by atoms with E-state index in [0.29, 0.717) is 16.8 Å². The maximum Gasteiger partial charge on any atom is 0.135 e. The number of furan rings is 1. The minimum atomic E-state index is 0. The molecule has 371 valence electrons. The van der Waals surface area contributed by atoms with Crippen LogP contribution in [0, 0.1) is 5.41 Å². The molecule has 9 heteroatoms. The third-order valence-electron chi connectivity index (χ3n) is 15.5. The first-order chi connectivity index (χ1) is 37.5. The topological polar surface area (TPSA) is 101 Å². The molecule has 2 atom stereocenters. The van der Waals surface area contributed by atoms with Crippen molar-refractivity contribution in [2.45, 2.75) is 41.7 Å². The number of nitrogen functional groups attached to an aromatic ring is 1. The molecule has 8 aromatic carbocycles. The number of nitrogens with two attached hydrogens (primary N) is 1. The van der Waals surface area contributed by atoms with Crippen LogP contribution < -0.4 is 5.73 Å². The Morgan fingerprint density at radius 1 is 0.662 bits per heavy atom. The largest absolute Gasteiger partial charge is 0.655 e. The zero-order valence-corrected chi connectivity index (χ0v) is 46.2. The summed E-state index contributed by atoms with van der Waals surface area (Å²) >= 11 is 1.97. The predicted octanol–water partition coefficient (Wildman–Crippen LogP) is 19.2. The number of thioether (sulfide) groups is 1. The van der Waals surface area contributed by atoms with E-state index in [2.05, 4.69) is 215 Å². The molecule has 1 radical (unpaired) electrons. The van der Waals surface area contributed by atoms with Crippen molar-refractivity contribution >= 4 is 106 Å². The average molecular weight is 1090 g/mol. The molecule has 0 saturated carbocycles. The Hall–Kier alpha value is -7.88. The molecule has 7 nitrogen and oxygen atoms in total. The van der Waals surface area contributed by atoms with Gasteiger partial charge in [0.15, 0.2) is 0 Å². The number of anilines is 1. The fourth-order valence-electron chi connectivity index (χ4n) is 12.1. The summed E-state index contributed by atoms with van der Waals surface area (Å²) in [7, 11) is 1.64. The molecule has 77 heavy (non-hydrogen) atoms. The molecular formula is C68H52N6OSY-2. The number of allylic oxidation sites excluding steroid dienone is 9. The summed E-state index contributed by atoms with van der Waals surface area (Å²) in [6, 6.07) is 56.7. The normalized spacial score (nSPS) is 16.3. The molecule has 3 aromatic heterocycles. The van der Waals surface area contributed by atoms with Crippen molar-refractivity contribution < 1.29 is 37.1 Å². The van der Waals surface area contributed by atoms with Gasteiger partial charge in [0, 0.05) is 109 Å². The first-order valence-electron chi connectivity index (χ1n) is 26.2. The van der Waals surface area contributed by atoms with E-state index in [1.807, 2.05) is 30.0 Å². The average Bonchev–Trinajstić information content (AvgIpc) is 4.44. The van der Waals surface area contributed by atoms with Crippen molar-refractivity contribution in [3.63, 3.8) is 0 Å². The van der Waals surface area contributed by atoms with Gasteiger partial charge in [-0.05, 0) is 109 Å². The molecular weight excluding hydrogens is 1040 g/mol. The Balaban J connectivity index is 0.000000466. The van der Waals surface area contributed by atoms with E-state index in [9.17, 15) is 0 Å². The minimum absolute atomic E-state index is 0. The molecule has 4 heterocycles. The monoisotopic (exact) mass is 1090 g/mol. The van der Waals surface area contributed by atoms with Crippen LogP contribution in [0.1, 0.15) is 37.2 Å². The van der Waals surface area contributed by atoms with Crippen molar-refractivity contribution in [2.75, 3.05) is 12.8 Å². The Labute approximate surface area is 476 Å². The second-order valence-corrected chi connectivity index (χ2v) is 21.0. The molecule has 3 N–H and O–H groups in total. The maximum absolute atomic E-state index is 7.35. The van der Waals surface area contributed by atoms with Crippen LogP contribution in [-0.2, 0) is 32.7 Å². The molecule has 0 spiro atoms. The molecule has 0 fully saturated rings. The number of nitrogens with one attached hydrogen (secondary N) is 1. The van der Waals surface area contributed by atoms with Crippen molar-refractivity contribution in [1.29, 1.82) is 5.41 Å². The fraction of sp³-hybridized carbons (Fsp3) is 0.103. The van der Waals surface area contributed by atoms with Crippen molar-refractivity contribution in [1.82, 2.24) is 9.13 Å². The Morgan fingerprint density at radius 3 is 2.14 bits per heavy atom. The molecule has 0 saturated heterocycles. The summed E-state index contributed by atoms with van der Waals surface area (Å²) < 4.78 is 11.7. The van der Waals surface area contributed by atoms with E-state index in [4.69, 9.17) is 20.9 Å². The molecule has 1 aliphatic heterocycles. The maximum atomic E-state index is 7.35. The van der Waals surface area contributed by atoms with Gasteiger partial charge in [-0.3, -0.25) is 0 Å². The predicted molar refractivity (Wildman–Crippen MR) is 322 cm³/mol. The summed E-state index contributed by atoms with van der Waals surface area (Å²) in [5.41, 5.74) is 24.6. The fourth-order valence-corrected chi connectivity index (χ4v) is 13.4. The van der Waals surface area contributed by atoms with Crippen LogP contribution in [0.5, 0.6) is 0 Å². The van der Waals surface area contributed by atoms with Crippen molar-refractivity contribution in [3.05, 3.63) is 240 Å². The first-order valence-corrected chi connectivity index (χ1v) is 27.1. The summed E-state index contributed by atoms with van der Waals surface area (Å²) in [4.78, 5) is 1.33. The van der Waals surface area contributed by atoms with E-state index in [-0.39, 0.29) is 38.6 Å². The van der Waals surface area contributed by atoms with Crippen LogP contribution in [0.25, 0.3) is 110 Å². The van der Waals surface area contributed by atoms with E-state index in [1.54, 1.807) is 7.05 Å². The number of rotatable bonds is 7. The number of hydrogen-bond acceptors (Lipinski definition) is 4. The van der Waals surface area contributed by atoms with Crippen LogP contribution in [0.15, 0.2) is 233 Å². The van der Waals surface area contributed by atoms with Gasteiger partial charge in [0.05, 0.1) is 22.2 Å². The second-order valence-electron chi connectivity index (χ2n) is 19.8. The van der Waals surface area contributed by atoms with Crippen LogP contribution >= 0.6 is 11.8 Å². The number of para-hydroxylation sites is 4. The number of benzene rings is 8. The molecule has 3 aliphatic carbocycles. The molecule has 0 bridgehead atoms. The first kappa shape index (κ1) is 48.7. The number of amidine groups is 1. The number of aromatic nitrogens is 2. The summed E-state index contributed by atoms with van der Waals surface area (Å²) in [6.45, 7) is 0. The van der Waals surface area contributed by atoms with E-state index >= 15 is 0 Å². The quantitative estimate of drug-likeness (QED) is 0.0944. The van der Waals surface area contributed by atoms with Gasteiger partial charge in [0.25, 0.3) is 0 Å². The van der Waals surface area contributed by atoms with Gasteiger partial charge in [0.2, 0.25) is 0 Å². The van der Waals surface area contributed by atoms with E-state index in [1.165, 1.54) is 60.1 Å². The molecule has 2 unspecified atom stereocenters. The zero-order valence-electron chi connectivity index (χ0n) is 42.5. The Kier molecular flexibility index (Phi) is 12.8. The Bertz CT molecular complexity index is 4350. The Morgan fingerprint density at radius 2 is 1.40 bits per heavy atom. The van der Waals surface area contributed by atoms with Gasteiger partial charge in [0.1, 0.15) is 11.2 Å². The van der Waals surface area contributed by atoms with Crippen LogP contribution in [0.3, 0.4) is 0 Å². The van der Waals surface area contributed by atoms with E-state index in [0.717, 1.165) is 92.2 Å². The van der Waals surface area contributed by atoms with Gasteiger partial charge >= 0.3 is 0 Å². The number of hydrogen-bond donors (Lipinski definition) is 2. The van der Waals surface area contributed by atoms with Crippen molar-refractivity contribution in [3.8, 4) is 27.9 Å². The second kappa shape index (κ2) is 20.2. The summed E-state index contributed by atoms with van der Waals surface area (Å²) in [6.07, 6.45) is 26.0. The zero-order chi connectivity index (χ0) is 50.9. The van der Waals surface area contributed by atoms with Crippen molar-refractivity contribution in [2.24, 2.45) is 0 Å². The van der Waals surface area contributed by atoms with Gasteiger partial charge < -0.3 is 35.3 Å². The number of nitrogens with zero attached hydrogens (tertiary/aromatic N) is 4. The standard InChI is InChI=1S/C60H41N4OS.C8H11N2.Y/c61-46-22-9-4-17-38(46)42-30-31-43-41-20-7-10-24-48(41)63(37-15-2-1-3-16-37)60(43)59(42)62-47-23-14-27-53-57(47)45-35-36(29-33-52(45)65-53)56-51(32-34-55-58(56)44-21-8-13-28-54(44)66-55)64-49-25-11-5-18-39(49)40-19-6-12-26-50(40)64;1-10-8(9)7-5-3-2-4-6-7;/h1-2,4-15,17-35,44,54H,3,16,61H2;3,5-6H,2,4H2,1H3,(H-,9,10);/q2*-1;. The molecule has 15 rings (SSSR count). The van der Waals surface area contributed by atoms with E-state index < -0.39 is 0 Å². The van der Waals surface area contributed by atoms with Crippen LogP contribution in [-0.4, -0.2) is 27.3 Å². The molecule has 0 amide bonds. The van der Waals surface area contributed by atoms with Crippen LogP contribution in [0.2, 0.25) is 0 Å². The smallest absolute Gasteiger partial charge is 0.135 e. The summed E-state index contributed by atoms with van der Waals surface area (Å²) in [5.74, 6) is 0.627. The summed E-state index contributed by atoms with van der Waals surface area (Å²) in [5, 5.41) is 24.1. The van der Waals surface area contributed by atoms with Gasteiger partial charge in [-0.15, -0.1) is 23.1 Å². The molecule has 11 aromatic rings. The molecule has 4 aliphatic rings. The third kappa shape index (κ3) is 8.24. The van der Waals surface area contributed by atoms with Gasteiger partial charge in [-0.2, -0.15) is 0 Å².